The van der Waals surface area contributed by atoms with Crippen molar-refractivity contribution in [1.82, 2.24) is 10.1 Å². The molecule has 1 heterocycles. The third-order valence-electron chi connectivity index (χ3n) is 3.83. The number of aromatic nitrogens is 2. The van der Waals surface area contributed by atoms with Crippen LogP contribution in [0, 0.1) is 0 Å². The minimum Gasteiger partial charge on any atom is -0.489 e. The summed E-state index contributed by atoms with van der Waals surface area (Å²) in [5.41, 5.74) is 2.77. The molecule has 4 nitrogen and oxygen atoms in total. The summed E-state index contributed by atoms with van der Waals surface area (Å²) >= 11 is 5.98. The molecule has 5 heteroatoms. The molecule has 0 N–H and O–H groups in total. The van der Waals surface area contributed by atoms with E-state index in [2.05, 4.69) is 10.1 Å². The third-order valence-corrected chi connectivity index (χ3v) is 4.07. The fourth-order valence-electron chi connectivity index (χ4n) is 2.56. The standard InChI is InChI=1S/C21H15ClN2O2/c22-18-10-5-11-19(13-18)25-14-15-6-4-9-17(12-15)21-23-20(24-26-21)16-7-2-1-3-8-16/h1-13H,14H2. The monoisotopic (exact) mass is 362 g/mol. The van der Waals surface area contributed by atoms with Crippen LogP contribution in [0.25, 0.3) is 22.8 Å². The molecule has 0 unspecified atom stereocenters. The SMILES string of the molecule is Clc1cccc(OCc2cccc(-c3nc(-c4ccccc4)no3)c2)c1. The maximum absolute atomic E-state index is 5.98. The zero-order valence-corrected chi connectivity index (χ0v) is 14.6. The summed E-state index contributed by atoms with van der Waals surface area (Å²) in [4.78, 5) is 4.49. The summed E-state index contributed by atoms with van der Waals surface area (Å²) in [5.74, 6) is 1.78. The summed E-state index contributed by atoms with van der Waals surface area (Å²) in [6.45, 7) is 0.424. The van der Waals surface area contributed by atoms with E-state index in [1.165, 1.54) is 0 Å². The van der Waals surface area contributed by atoms with Crippen LogP contribution in [-0.4, -0.2) is 10.1 Å². The molecule has 0 saturated carbocycles. The molecule has 0 aliphatic rings. The maximum atomic E-state index is 5.98. The molecule has 4 rings (SSSR count). The average molecular weight is 363 g/mol. The van der Waals surface area contributed by atoms with Crippen LogP contribution in [0.2, 0.25) is 5.02 Å². The molecule has 0 atom stereocenters. The largest absolute Gasteiger partial charge is 0.489 e. The minimum absolute atomic E-state index is 0.424. The first-order valence-corrected chi connectivity index (χ1v) is 8.52. The van der Waals surface area contributed by atoms with Gasteiger partial charge in [-0.1, -0.05) is 65.3 Å². The van der Waals surface area contributed by atoms with E-state index < -0.39 is 0 Å². The number of hydrogen-bond acceptors (Lipinski definition) is 4. The zero-order valence-electron chi connectivity index (χ0n) is 13.8. The lowest BCUT2D eigenvalue weighted by molar-refractivity contribution is 0.306. The van der Waals surface area contributed by atoms with Crippen LogP contribution in [0.4, 0.5) is 0 Å². The van der Waals surface area contributed by atoms with Crippen molar-refractivity contribution in [2.45, 2.75) is 6.61 Å². The van der Waals surface area contributed by atoms with Crippen molar-refractivity contribution in [3.63, 3.8) is 0 Å². The Labute approximate surface area is 156 Å². The molecule has 0 radical (unpaired) electrons. The van der Waals surface area contributed by atoms with Gasteiger partial charge >= 0.3 is 0 Å². The van der Waals surface area contributed by atoms with Gasteiger partial charge in [0.15, 0.2) is 0 Å². The van der Waals surface area contributed by atoms with Gasteiger partial charge in [-0.05, 0) is 35.9 Å². The van der Waals surface area contributed by atoms with E-state index in [1.807, 2.05) is 72.8 Å². The van der Waals surface area contributed by atoms with Crippen molar-refractivity contribution in [3.8, 4) is 28.6 Å². The van der Waals surface area contributed by atoms with Gasteiger partial charge in [0.25, 0.3) is 5.89 Å². The smallest absolute Gasteiger partial charge is 0.258 e. The van der Waals surface area contributed by atoms with Gasteiger partial charge in [-0.2, -0.15) is 4.98 Å². The molecule has 0 saturated heterocycles. The zero-order chi connectivity index (χ0) is 17.8. The molecule has 0 aliphatic carbocycles. The molecular weight excluding hydrogens is 348 g/mol. The lowest BCUT2D eigenvalue weighted by atomic mass is 10.1. The molecular formula is C21H15ClN2O2. The van der Waals surface area contributed by atoms with Crippen LogP contribution in [-0.2, 0) is 6.61 Å². The van der Waals surface area contributed by atoms with Gasteiger partial charge in [0.2, 0.25) is 5.82 Å². The highest BCUT2D eigenvalue weighted by molar-refractivity contribution is 6.30. The van der Waals surface area contributed by atoms with E-state index in [9.17, 15) is 0 Å². The molecule has 0 amide bonds. The van der Waals surface area contributed by atoms with Crippen LogP contribution in [0.15, 0.2) is 83.4 Å². The summed E-state index contributed by atoms with van der Waals surface area (Å²) in [6, 6.07) is 24.9. The first-order chi connectivity index (χ1) is 12.8. The quantitative estimate of drug-likeness (QED) is 0.461. The Bertz CT molecular complexity index is 1020. The second kappa shape index (κ2) is 7.42. The summed E-state index contributed by atoms with van der Waals surface area (Å²) < 4.78 is 11.2. The summed E-state index contributed by atoms with van der Waals surface area (Å²) in [7, 11) is 0. The van der Waals surface area contributed by atoms with E-state index >= 15 is 0 Å². The van der Waals surface area contributed by atoms with Crippen molar-refractivity contribution >= 4 is 11.6 Å². The molecule has 1 aromatic heterocycles. The average Bonchev–Trinajstić information content (AvgIpc) is 3.18. The predicted octanol–water partition coefficient (Wildman–Crippen LogP) is 5.64. The second-order valence-electron chi connectivity index (χ2n) is 5.74. The van der Waals surface area contributed by atoms with Gasteiger partial charge in [-0.25, -0.2) is 0 Å². The Balaban J connectivity index is 1.52. The van der Waals surface area contributed by atoms with Crippen LogP contribution in [0.1, 0.15) is 5.56 Å². The van der Waals surface area contributed by atoms with Crippen molar-refractivity contribution in [2.24, 2.45) is 0 Å². The predicted molar refractivity (Wildman–Crippen MR) is 101 cm³/mol. The minimum atomic E-state index is 0.424. The Kier molecular flexibility index (Phi) is 4.67. The normalized spacial score (nSPS) is 10.7. The van der Waals surface area contributed by atoms with Crippen LogP contribution in [0.3, 0.4) is 0 Å². The second-order valence-corrected chi connectivity index (χ2v) is 6.17. The number of benzene rings is 3. The van der Waals surface area contributed by atoms with Crippen LogP contribution >= 0.6 is 11.6 Å². The first kappa shape index (κ1) is 16.4. The molecule has 0 aliphatic heterocycles. The van der Waals surface area contributed by atoms with Crippen molar-refractivity contribution in [2.75, 3.05) is 0 Å². The fourth-order valence-corrected chi connectivity index (χ4v) is 2.74. The molecule has 0 bridgehead atoms. The Morgan fingerprint density at radius 2 is 1.65 bits per heavy atom. The lowest BCUT2D eigenvalue weighted by Crippen LogP contribution is -1.95. The van der Waals surface area contributed by atoms with Gasteiger partial charge in [-0.3, -0.25) is 0 Å². The van der Waals surface area contributed by atoms with Crippen molar-refractivity contribution in [1.29, 1.82) is 0 Å². The molecule has 0 fully saturated rings. The fraction of sp³-hybridized carbons (Fsp3) is 0.0476. The van der Waals surface area contributed by atoms with E-state index in [-0.39, 0.29) is 0 Å². The Morgan fingerprint density at radius 1 is 0.846 bits per heavy atom. The number of hydrogen-bond donors (Lipinski definition) is 0. The number of nitrogens with zero attached hydrogens (tertiary/aromatic N) is 2. The van der Waals surface area contributed by atoms with E-state index in [0.717, 1.165) is 22.4 Å². The highest BCUT2D eigenvalue weighted by Gasteiger charge is 2.11. The molecule has 0 spiro atoms. The van der Waals surface area contributed by atoms with E-state index in [4.69, 9.17) is 20.9 Å². The van der Waals surface area contributed by atoms with Crippen LogP contribution < -0.4 is 4.74 Å². The van der Waals surface area contributed by atoms with Crippen molar-refractivity contribution in [3.05, 3.63) is 89.4 Å². The number of ether oxygens (including phenoxy) is 1. The van der Waals surface area contributed by atoms with E-state index in [0.29, 0.717) is 23.3 Å². The van der Waals surface area contributed by atoms with E-state index in [1.54, 1.807) is 6.07 Å². The van der Waals surface area contributed by atoms with Gasteiger partial charge in [-0.15, -0.1) is 0 Å². The maximum Gasteiger partial charge on any atom is 0.258 e. The summed E-state index contributed by atoms with van der Waals surface area (Å²) in [5, 5.41) is 4.71. The topological polar surface area (TPSA) is 48.2 Å². The molecule has 26 heavy (non-hydrogen) atoms. The molecule has 128 valence electrons. The Morgan fingerprint density at radius 3 is 2.50 bits per heavy atom. The highest BCUT2D eigenvalue weighted by atomic mass is 35.5. The highest BCUT2D eigenvalue weighted by Crippen LogP contribution is 2.24. The van der Waals surface area contributed by atoms with Gasteiger partial charge in [0.1, 0.15) is 12.4 Å². The number of halogens is 1. The van der Waals surface area contributed by atoms with Crippen LogP contribution in [0.5, 0.6) is 5.75 Å². The lowest BCUT2D eigenvalue weighted by Gasteiger charge is -2.07. The Hall–Kier alpha value is -3.11. The number of rotatable bonds is 5. The molecule has 3 aromatic carbocycles. The molecule has 4 aromatic rings. The van der Waals surface area contributed by atoms with Crippen molar-refractivity contribution < 1.29 is 9.26 Å². The summed E-state index contributed by atoms with van der Waals surface area (Å²) in [6.07, 6.45) is 0. The van der Waals surface area contributed by atoms with Gasteiger partial charge < -0.3 is 9.26 Å². The first-order valence-electron chi connectivity index (χ1n) is 8.15. The van der Waals surface area contributed by atoms with Gasteiger partial charge in [0.05, 0.1) is 0 Å². The third kappa shape index (κ3) is 3.76. The van der Waals surface area contributed by atoms with Gasteiger partial charge in [0, 0.05) is 16.1 Å².